The van der Waals surface area contributed by atoms with E-state index in [9.17, 15) is 0 Å². The minimum Gasteiger partial charge on any atom is -0.378 e. The molecule has 1 aromatic heterocycles. The van der Waals surface area contributed by atoms with Gasteiger partial charge in [-0.1, -0.05) is 24.4 Å². The van der Waals surface area contributed by atoms with Crippen LogP contribution in [0.15, 0.2) is 6.07 Å². The van der Waals surface area contributed by atoms with Gasteiger partial charge in [-0.05, 0) is 33.1 Å². The van der Waals surface area contributed by atoms with Gasteiger partial charge in [0.15, 0.2) is 0 Å². The Balaban J connectivity index is 1.83. The Bertz CT molecular complexity index is 496. The molecule has 0 aliphatic heterocycles. The Hall–Kier alpha value is -0.870. The van der Waals surface area contributed by atoms with Crippen molar-refractivity contribution in [1.29, 1.82) is 0 Å². The Labute approximate surface area is 131 Å². The van der Waals surface area contributed by atoms with Crippen LogP contribution in [0.25, 0.3) is 0 Å². The van der Waals surface area contributed by atoms with Crippen LogP contribution < -0.4 is 4.90 Å². The summed E-state index contributed by atoms with van der Waals surface area (Å²) >= 11 is 6.09. The summed E-state index contributed by atoms with van der Waals surface area (Å²) in [6.45, 7) is 4.78. The standard InChI is InChI=1S/C16H24ClN3O/c1-4-21-13-9-12(16(13)7-5-6-8-16)20(3)15-10-14(17)18-11(2)19-15/h10,12-13H,4-9H2,1-3H3. The van der Waals surface area contributed by atoms with E-state index in [0.29, 0.717) is 22.7 Å². The topological polar surface area (TPSA) is 38.2 Å². The van der Waals surface area contributed by atoms with Crippen molar-refractivity contribution in [3.8, 4) is 0 Å². The number of rotatable bonds is 4. The van der Waals surface area contributed by atoms with Gasteiger partial charge in [-0.15, -0.1) is 0 Å². The highest BCUT2D eigenvalue weighted by Crippen LogP contribution is 2.56. The molecule has 0 saturated heterocycles. The van der Waals surface area contributed by atoms with Gasteiger partial charge in [-0.2, -0.15) is 0 Å². The number of halogens is 1. The molecule has 0 amide bonds. The molecule has 1 spiro atoms. The van der Waals surface area contributed by atoms with E-state index in [1.807, 2.05) is 13.0 Å². The first-order valence-corrected chi connectivity index (χ1v) is 8.30. The van der Waals surface area contributed by atoms with Crippen molar-refractivity contribution in [2.24, 2.45) is 5.41 Å². The van der Waals surface area contributed by atoms with Crippen LogP contribution in [-0.2, 0) is 4.74 Å². The van der Waals surface area contributed by atoms with E-state index in [-0.39, 0.29) is 0 Å². The summed E-state index contributed by atoms with van der Waals surface area (Å²) in [4.78, 5) is 11.0. The number of nitrogens with zero attached hydrogens (tertiary/aromatic N) is 3. The molecule has 5 heteroatoms. The molecule has 0 bridgehead atoms. The van der Waals surface area contributed by atoms with Crippen molar-refractivity contribution in [2.45, 2.75) is 58.1 Å². The van der Waals surface area contributed by atoms with Crippen LogP contribution in [0, 0.1) is 12.3 Å². The zero-order valence-corrected chi connectivity index (χ0v) is 13.9. The van der Waals surface area contributed by atoms with Gasteiger partial charge in [0.25, 0.3) is 0 Å². The van der Waals surface area contributed by atoms with Crippen LogP contribution in [0.5, 0.6) is 0 Å². The second kappa shape index (κ2) is 5.73. The fourth-order valence-electron chi connectivity index (χ4n) is 4.25. The summed E-state index contributed by atoms with van der Waals surface area (Å²) in [6.07, 6.45) is 6.67. The van der Waals surface area contributed by atoms with E-state index < -0.39 is 0 Å². The number of aryl methyl sites for hydroxylation is 1. The highest BCUT2D eigenvalue weighted by Gasteiger charge is 2.58. The highest BCUT2D eigenvalue weighted by molar-refractivity contribution is 6.29. The Morgan fingerprint density at radius 2 is 2.10 bits per heavy atom. The van der Waals surface area contributed by atoms with Gasteiger partial charge in [-0.3, -0.25) is 0 Å². The molecule has 4 nitrogen and oxygen atoms in total. The van der Waals surface area contributed by atoms with Gasteiger partial charge in [0.2, 0.25) is 0 Å². The molecule has 2 saturated carbocycles. The van der Waals surface area contributed by atoms with Crippen molar-refractivity contribution in [3.63, 3.8) is 0 Å². The molecule has 0 radical (unpaired) electrons. The number of aromatic nitrogens is 2. The minimum absolute atomic E-state index is 0.316. The van der Waals surface area contributed by atoms with Crippen molar-refractivity contribution in [2.75, 3.05) is 18.6 Å². The zero-order chi connectivity index (χ0) is 15.0. The zero-order valence-electron chi connectivity index (χ0n) is 13.1. The second-order valence-electron chi connectivity index (χ2n) is 6.34. The monoisotopic (exact) mass is 309 g/mol. The lowest BCUT2D eigenvalue weighted by Crippen LogP contribution is -2.63. The lowest BCUT2D eigenvalue weighted by atomic mass is 9.60. The lowest BCUT2D eigenvalue weighted by Gasteiger charge is -2.57. The van der Waals surface area contributed by atoms with Gasteiger partial charge in [0, 0.05) is 31.2 Å². The van der Waals surface area contributed by atoms with Gasteiger partial charge >= 0.3 is 0 Å². The molecule has 116 valence electrons. The SMILES string of the molecule is CCOC1CC(N(C)c2cc(Cl)nc(C)n2)C12CCCC2. The van der Waals surface area contributed by atoms with E-state index in [2.05, 4.69) is 28.8 Å². The number of hydrogen-bond acceptors (Lipinski definition) is 4. The molecule has 0 aromatic carbocycles. The first-order valence-electron chi connectivity index (χ1n) is 7.92. The molecule has 2 aliphatic rings. The smallest absolute Gasteiger partial charge is 0.134 e. The van der Waals surface area contributed by atoms with Crippen molar-refractivity contribution in [3.05, 3.63) is 17.0 Å². The minimum atomic E-state index is 0.316. The van der Waals surface area contributed by atoms with Crippen LogP contribution in [0.2, 0.25) is 5.15 Å². The van der Waals surface area contributed by atoms with E-state index in [1.54, 1.807) is 0 Å². The fourth-order valence-corrected chi connectivity index (χ4v) is 4.47. The summed E-state index contributed by atoms with van der Waals surface area (Å²) in [6, 6.07) is 2.37. The van der Waals surface area contributed by atoms with E-state index in [4.69, 9.17) is 16.3 Å². The fraction of sp³-hybridized carbons (Fsp3) is 0.750. The number of anilines is 1. The van der Waals surface area contributed by atoms with Crippen LogP contribution >= 0.6 is 11.6 Å². The lowest BCUT2D eigenvalue weighted by molar-refractivity contribution is -0.121. The third-order valence-corrected chi connectivity index (χ3v) is 5.46. The average Bonchev–Trinajstić information content (AvgIpc) is 2.93. The van der Waals surface area contributed by atoms with Gasteiger partial charge in [-0.25, -0.2) is 9.97 Å². The van der Waals surface area contributed by atoms with E-state index in [0.717, 1.165) is 24.7 Å². The predicted molar refractivity (Wildman–Crippen MR) is 84.9 cm³/mol. The molecule has 21 heavy (non-hydrogen) atoms. The average molecular weight is 310 g/mol. The van der Waals surface area contributed by atoms with Crippen molar-refractivity contribution < 1.29 is 4.74 Å². The normalized spacial score (nSPS) is 26.9. The van der Waals surface area contributed by atoms with Gasteiger partial charge < -0.3 is 9.64 Å². The summed E-state index contributed by atoms with van der Waals surface area (Å²) in [5, 5.41) is 0.519. The first-order chi connectivity index (χ1) is 10.1. The Kier molecular flexibility index (Phi) is 4.10. The first kappa shape index (κ1) is 15.0. The molecule has 2 fully saturated rings. The molecule has 0 N–H and O–H groups in total. The molecule has 2 unspecified atom stereocenters. The Morgan fingerprint density at radius 3 is 2.71 bits per heavy atom. The summed E-state index contributed by atoms with van der Waals surface area (Å²) < 4.78 is 5.99. The molecule has 1 heterocycles. The van der Waals surface area contributed by atoms with Crippen molar-refractivity contribution in [1.82, 2.24) is 9.97 Å². The molecular weight excluding hydrogens is 286 g/mol. The molecule has 3 rings (SSSR count). The van der Waals surface area contributed by atoms with Gasteiger partial charge in [0.05, 0.1) is 6.10 Å². The van der Waals surface area contributed by atoms with Crippen LogP contribution in [0.4, 0.5) is 5.82 Å². The maximum atomic E-state index is 6.09. The third kappa shape index (κ3) is 2.53. The Morgan fingerprint density at radius 1 is 1.38 bits per heavy atom. The largest absolute Gasteiger partial charge is 0.378 e. The van der Waals surface area contributed by atoms with Gasteiger partial charge in [0.1, 0.15) is 16.8 Å². The van der Waals surface area contributed by atoms with Crippen LogP contribution in [-0.4, -0.2) is 35.8 Å². The summed E-state index contributed by atoms with van der Waals surface area (Å²) in [7, 11) is 2.13. The second-order valence-corrected chi connectivity index (χ2v) is 6.73. The number of hydrogen-bond donors (Lipinski definition) is 0. The van der Waals surface area contributed by atoms with Crippen LogP contribution in [0.1, 0.15) is 44.9 Å². The maximum absolute atomic E-state index is 6.09. The predicted octanol–water partition coefficient (Wildman–Crippen LogP) is 3.61. The van der Waals surface area contributed by atoms with E-state index in [1.165, 1.54) is 25.7 Å². The highest BCUT2D eigenvalue weighted by atomic mass is 35.5. The maximum Gasteiger partial charge on any atom is 0.134 e. The number of ether oxygens (including phenoxy) is 1. The van der Waals surface area contributed by atoms with Crippen molar-refractivity contribution >= 4 is 17.4 Å². The molecule has 2 atom stereocenters. The molecular formula is C16H24ClN3O. The third-order valence-electron chi connectivity index (χ3n) is 5.27. The molecule has 1 aromatic rings. The van der Waals surface area contributed by atoms with E-state index >= 15 is 0 Å². The van der Waals surface area contributed by atoms with Crippen LogP contribution in [0.3, 0.4) is 0 Å². The molecule has 2 aliphatic carbocycles. The summed E-state index contributed by atoms with van der Waals surface area (Å²) in [5.41, 5.74) is 0.316. The summed E-state index contributed by atoms with van der Waals surface area (Å²) in [5.74, 6) is 1.66. The quantitative estimate of drug-likeness (QED) is 0.796.